The van der Waals surface area contributed by atoms with Gasteiger partial charge in [-0.1, -0.05) is 36.4 Å². The molecule has 0 spiro atoms. The number of rotatable bonds is 2. The normalized spacial score (nSPS) is 30.4. The molecule has 3 nitrogen and oxygen atoms in total. The van der Waals surface area contributed by atoms with Gasteiger partial charge in [0.2, 0.25) is 0 Å². The first-order valence-electron chi connectivity index (χ1n) is 6.21. The molecule has 0 aliphatic carbocycles. The van der Waals surface area contributed by atoms with Gasteiger partial charge in [-0.25, -0.2) is 0 Å². The maximum Gasteiger partial charge on any atom is 0.172 e. The second-order valence-corrected chi connectivity index (χ2v) is 4.90. The van der Waals surface area contributed by atoms with Crippen LogP contribution in [-0.4, -0.2) is 22.8 Å². The highest BCUT2D eigenvalue weighted by Gasteiger charge is 2.45. The van der Waals surface area contributed by atoms with E-state index in [9.17, 15) is 4.79 Å². The van der Waals surface area contributed by atoms with E-state index in [4.69, 9.17) is 5.26 Å². The summed E-state index contributed by atoms with van der Waals surface area (Å²) in [6.45, 7) is 0.741. The van der Waals surface area contributed by atoms with Gasteiger partial charge in [-0.3, -0.25) is 9.69 Å². The van der Waals surface area contributed by atoms with E-state index in [1.165, 1.54) is 5.56 Å². The summed E-state index contributed by atoms with van der Waals surface area (Å²) in [4.78, 5) is 14.0. The number of carbonyl (C=O) groups excluding carboxylic acids is 1. The van der Waals surface area contributed by atoms with Crippen LogP contribution in [0.15, 0.2) is 42.5 Å². The Bertz CT molecular complexity index is 529. The molecule has 0 amide bonds. The highest BCUT2D eigenvalue weighted by molar-refractivity contribution is 5.96. The number of benzene rings is 1. The summed E-state index contributed by atoms with van der Waals surface area (Å²) in [6.07, 6.45) is 4.21. The molecule has 0 unspecified atom stereocenters. The van der Waals surface area contributed by atoms with Gasteiger partial charge in [0, 0.05) is 12.6 Å². The number of hydrogen-bond donors (Lipinski definition) is 0. The molecule has 1 aromatic rings. The molecule has 18 heavy (non-hydrogen) atoms. The van der Waals surface area contributed by atoms with Crippen LogP contribution in [-0.2, 0) is 11.3 Å². The highest BCUT2D eigenvalue weighted by atomic mass is 16.1. The topological polar surface area (TPSA) is 44.1 Å². The predicted molar refractivity (Wildman–Crippen MR) is 67.4 cm³/mol. The van der Waals surface area contributed by atoms with Crippen LogP contribution in [0, 0.1) is 17.2 Å². The van der Waals surface area contributed by atoms with Gasteiger partial charge < -0.3 is 0 Å². The number of nitriles is 1. The van der Waals surface area contributed by atoms with Crippen molar-refractivity contribution in [2.24, 2.45) is 5.92 Å². The molecule has 2 aliphatic rings. The molecule has 0 radical (unpaired) electrons. The van der Waals surface area contributed by atoms with Gasteiger partial charge in [0.15, 0.2) is 5.78 Å². The fraction of sp³-hybridized carbons (Fsp3) is 0.333. The molecule has 0 saturated carbocycles. The number of ketones is 1. The van der Waals surface area contributed by atoms with E-state index < -0.39 is 0 Å². The van der Waals surface area contributed by atoms with Crippen molar-refractivity contribution in [2.45, 2.75) is 25.0 Å². The van der Waals surface area contributed by atoms with Crippen LogP contribution in [0.25, 0.3) is 0 Å². The average molecular weight is 238 g/mol. The molecule has 2 heterocycles. The Morgan fingerprint density at radius 1 is 1.33 bits per heavy atom. The van der Waals surface area contributed by atoms with Crippen molar-refractivity contribution < 1.29 is 4.79 Å². The third-order valence-corrected chi connectivity index (χ3v) is 3.83. The fourth-order valence-corrected chi connectivity index (χ4v) is 2.92. The Hall–Kier alpha value is -1.92. The monoisotopic (exact) mass is 238 g/mol. The third-order valence-electron chi connectivity index (χ3n) is 3.83. The molecule has 1 saturated heterocycles. The van der Waals surface area contributed by atoms with Gasteiger partial charge in [0.25, 0.3) is 0 Å². The molecule has 0 N–H and O–H groups in total. The van der Waals surface area contributed by atoms with Crippen molar-refractivity contribution in [3.63, 3.8) is 0 Å². The third kappa shape index (κ3) is 1.75. The van der Waals surface area contributed by atoms with Gasteiger partial charge in [0.05, 0.1) is 18.0 Å². The van der Waals surface area contributed by atoms with Gasteiger partial charge in [0.1, 0.15) is 0 Å². The molecule has 90 valence electrons. The quantitative estimate of drug-likeness (QED) is 0.790. The zero-order chi connectivity index (χ0) is 12.5. The summed E-state index contributed by atoms with van der Waals surface area (Å²) in [5, 5.41) is 9.16. The van der Waals surface area contributed by atoms with Crippen molar-refractivity contribution in [1.82, 2.24) is 4.90 Å². The first kappa shape index (κ1) is 11.2. The molecule has 3 atom stereocenters. The van der Waals surface area contributed by atoms with Crippen molar-refractivity contribution in [1.29, 1.82) is 5.26 Å². The SMILES string of the molecule is N#C[C@H]1C[C@H]2C(=O)C=C[C@H]1N2Cc1ccccc1. The number of hydrogen-bond acceptors (Lipinski definition) is 3. The van der Waals surface area contributed by atoms with Crippen LogP contribution < -0.4 is 0 Å². The summed E-state index contributed by atoms with van der Waals surface area (Å²) in [5.41, 5.74) is 1.19. The van der Waals surface area contributed by atoms with Gasteiger partial charge in [-0.05, 0) is 18.1 Å². The molecule has 3 heteroatoms. The zero-order valence-electron chi connectivity index (χ0n) is 9.99. The molecule has 1 fully saturated rings. The summed E-state index contributed by atoms with van der Waals surface area (Å²) in [5.74, 6) is 0.0846. The second kappa shape index (κ2) is 4.40. The maximum absolute atomic E-state index is 11.9. The average Bonchev–Trinajstić information content (AvgIpc) is 2.65. The summed E-state index contributed by atoms with van der Waals surface area (Å²) in [7, 11) is 0. The van der Waals surface area contributed by atoms with Gasteiger partial charge in [-0.15, -0.1) is 0 Å². The van der Waals surface area contributed by atoms with Crippen LogP contribution in [0.4, 0.5) is 0 Å². The molecule has 1 aromatic carbocycles. The Labute approximate surface area is 106 Å². The van der Waals surface area contributed by atoms with Crippen LogP contribution in [0.5, 0.6) is 0 Å². The first-order valence-corrected chi connectivity index (χ1v) is 6.21. The van der Waals surface area contributed by atoms with Gasteiger partial charge in [-0.2, -0.15) is 5.26 Å². The van der Waals surface area contributed by atoms with Crippen molar-refractivity contribution >= 4 is 5.78 Å². The van der Waals surface area contributed by atoms with Gasteiger partial charge >= 0.3 is 0 Å². The summed E-state index contributed by atoms with van der Waals surface area (Å²) in [6, 6.07) is 12.4. The predicted octanol–water partition coefficient (Wildman–Crippen LogP) is 1.91. The van der Waals surface area contributed by atoms with Crippen molar-refractivity contribution in [3.8, 4) is 6.07 Å². The largest absolute Gasteiger partial charge is 0.293 e. The lowest BCUT2D eigenvalue weighted by atomic mass is 10.0. The van der Waals surface area contributed by atoms with Crippen LogP contribution in [0.2, 0.25) is 0 Å². The molecule has 2 bridgehead atoms. The molecular formula is C15H14N2O. The Kier molecular flexibility index (Phi) is 2.73. The van der Waals surface area contributed by atoms with E-state index in [0.717, 1.165) is 6.54 Å². The number of carbonyl (C=O) groups is 1. The zero-order valence-corrected chi connectivity index (χ0v) is 9.99. The second-order valence-electron chi connectivity index (χ2n) is 4.90. The Morgan fingerprint density at radius 3 is 2.83 bits per heavy atom. The summed E-state index contributed by atoms with van der Waals surface area (Å²) >= 11 is 0. The molecular weight excluding hydrogens is 224 g/mol. The van der Waals surface area contributed by atoms with E-state index in [0.29, 0.717) is 6.42 Å². The van der Waals surface area contributed by atoms with E-state index in [2.05, 4.69) is 23.1 Å². The number of fused-ring (bicyclic) bond motifs is 2. The highest BCUT2D eigenvalue weighted by Crippen LogP contribution is 2.35. The van der Waals surface area contributed by atoms with E-state index >= 15 is 0 Å². The Morgan fingerprint density at radius 2 is 2.11 bits per heavy atom. The Balaban J connectivity index is 1.87. The van der Waals surface area contributed by atoms with Crippen LogP contribution in [0.3, 0.4) is 0 Å². The van der Waals surface area contributed by atoms with Crippen LogP contribution in [0.1, 0.15) is 12.0 Å². The first-order chi connectivity index (χ1) is 8.79. The lowest BCUT2D eigenvalue weighted by molar-refractivity contribution is -0.119. The lowest BCUT2D eigenvalue weighted by Gasteiger charge is -2.30. The van der Waals surface area contributed by atoms with E-state index in [-0.39, 0.29) is 23.8 Å². The van der Waals surface area contributed by atoms with Crippen molar-refractivity contribution in [2.75, 3.05) is 0 Å². The van der Waals surface area contributed by atoms with E-state index in [1.807, 2.05) is 24.3 Å². The molecule has 0 aromatic heterocycles. The molecule has 3 rings (SSSR count). The van der Waals surface area contributed by atoms with Crippen LogP contribution >= 0.6 is 0 Å². The smallest absolute Gasteiger partial charge is 0.172 e. The minimum atomic E-state index is -0.107. The van der Waals surface area contributed by atoms with Crippen molar-refractivity contribution in [3.05, 3.63) is 48.0 Å². The maximum atomic E-state index is 11.9. The lowest BCUT2D eigenvalue weighted by Crippen LogP contribution is -2.42. The molecule has 2 aliphatic heterocycles. The summed E-state index contributed by atoms with van der Waals surface area (Å²) < 4.78 is 0. The van der Waals surface area contributed by atoms with E-state index in [1.54, 1.807) is 6.08 Å². The minimum Gasteiger partial charge on any atom is -0.293 e. The fourth-order valence-electron chi connectivity index (χ4n) is 2.92. The standard InChI is InChI=1S/C15H14N2O/c16-9-12-8-14-15(18)7-6-13(12)17(14)10-11-4-2-1-3-5-11/h1-7,12-14H,8,10H2/t12-,13-,14+/m1/s1. The number of nitrogens with zero attached hydrogens (tertiary/aromatic N) is 2. The minimum absolute atomic E-state index is 0.0542.